The highest BCUT2D eigenvalue weighted by molar-refractivity contribution is 6.14. The molecule has 0 radical (unpaired) electrons. The fraction of sp³-hybridized carbons (Fsp3) is 0. The summed E-state index contributed by atoms with van der Waals surface area (Å²) in [6.45, 7) is 0. The maximum Gasteiger partial charge on any atom is 0.152 e. The molecule has 0 aliphatic heterocycles. The number of fused-ring (bicyclic) bond motifs is 3. The quantitative estimate of drug-likeness (QED) is 0.521. The van der Waals surface area contributed by atoms with E-state index in [0.717, 1.165) is 39.2 Å². The summed E-state index contributed by atoms with van der Waals surface area (Å²) in [5.74, 6) is -0.289. The number of aromatic nitrogens is 1. The molecule has 0 unspecified atom stereocenters. The number of carbonyl (C=O) groups excluding carboxylic acids is 1. The minimum Gasteiger partial charge on any atom is -0.354 e. The number of H-pyrrole nitrogens is 1. The van der Waals surface area contributed by atoms with Crippen LogP contribution in [-0.4, -0.2) is 11.3 Å². The standard InChI is InChI=1S/C19H12FNO/c20-13-7-5-12(6-8-13)14-9-10-16-15-3-1-2-4-18(15)21-19(16)17(14)11-22/h1-11,21H. The molecular formula is C19H12FNO. The summed E-state index contributed by atoms with van der Waals surface area (Å²) in [6, 6.07) is 18.0. The lowest BCUT2D eigenvalue weighted by Crippen LogP contribution is -1.90. The second-order valence-electron chi connectivity index (χ2n) is 5.24. The van der Waals surface area contributed by atoms with Gasteiger partial charge in [0.05, 0.1) is 5.52 Å². The Bertz CT molecular complexity index is 999. The smallest absolute Gasteiger partial charge is 0.152 e. The summed E-state index contributed by atoms with van der Waals surface area (Å²) in [7, 11) is 0. The van der Waals surface area contributed by atoms with Crippen LogP contribution in [0.4, 0.5) is 4.39 Å². The van der Waals surface area contributed by atoms with Crippen molar-refractivity contribution in [2.24, 2.45) is 0 Å². The van der Waals surface area contributed by atoms with Gasteiger partial charge in [-0.3, -0.25) is 4.79 Å². The van der Waals surface area contributed by atoms with Gasteiger partial charge in [-0.2, -0.15) is 0 Å². The fourth-order valence-electron chi connectivity index (χ4n) is 2.94. The first-order valence-electron chi connectivity index (χ1n) is 7.02. The molecule has 0 saturated carbocycles. The third-order valence-corrected chi connectivity index (χ3v) is 4.00. The number of benzene rings is 3. The molecule has 106 valence electrons. The van der Waals surface area contributed by atoms with E-state index in [4.69, 9.17) is 0 Å². The molecule has 4 aromatic rings. The Morgan fingerprint density at radius 3 is 2.41 bits per heavy atom. The SMILES string of the molecule is O=Cc1c(-c2ccc(F)cc2)ccc2c1[nH]c1ccccc12. The minimum absolute atomic E-state index is 0.289. The molecule has 4 rings (SSSR count). The van der Waals surface area contributed by atoms with Crippen LogP contribution in [0, 0.1) is 5.82 Å². The molecule has 0 fully saturated rings. The third-order valence-electron chi connectivity index (χ3n) is 4.00. The Hall–Kier alpha value is -2.94. The summed E-state index contributed by atoms with van der Waals surface area (Å²) in [6.07, 6.45) is 0.858. The zero-order valence-corrected chi connectivity index (χ0v) is 11.6. The lowest BCUT2D eigenvalue weighted by atomic mass is 9.97. The lowest BCUT2D eigenvalue weighted by Gasteiger charge is -2.06. The zero-order chi connectivity index (χ0) is 15.1. The fourth-order valence-corrected chi connectivity index (χ4v) is 2.94. The largest absolute Gasteiger partial charge is 0.354 e. The van der Waals surface area contributed by atoms with Gasteiger partial charge in [0.25, 0.3) is 0 Å². The predicted octanol–water partition coefficient (Wildman–Crippen LogP) is 4.94. The Balaban J connectivity index is 2.06. The van der Waals surface area contributed by atoms with E-state index in [1.165, 1.54) is 12.1 Å². The highest BCUT2D eigenvalue weighted by Gasteiger charge is 2.13. The van der Waals surface area contributed by atoms with Crippen LogP contribution < -0.4 is 0 Å². The van der Waals surface area contributed by atoms with E-state index in [-0.39, 0.29) is 5.82 Å². The molecule has 0 saturated heterocycles. The van der Waals surface area contributed by atoms with E-state index in [2.05, 4.69) is 4.98 Å². The monoisotopic (exact) mass is 289 g/mol. The average Bonchev–Trinajstić information content (AvgIpc) is 2.93. The molecule has 0 amide bonds. The maximum atomic E-state index is 13.1. The summed E-state index contributed by atoms with van der Waals surface area (Å²) in [5.41, 5.74) is 4.04. The van der Waals surface area contributed by atoms with Gasteiger partial charge in [-0.25, -0.2) is 4.39 Å². The molecule has 0 spiro atoms. The Morgan fingerprint density at radius 1 is 0.864 bits per heavy atom. The van der Waals surface area contributed by atoms with E-state index in [0.29, 0.717) is 5.56 Å². The summed E-state index contributed by atoms with van der Waals surface area (Å²) in [5, 5.41) is 2.11. The second-order valence-corrected chi connectivity index (χ2v) is 5.24. The summed E-state index contributed by atoms with van der Waals surface area (Å²) in [4.78, 5) is 15.0. The van der Waals surface area contributed by atoms with Gasteiger partial charge in [-0.15, -0.1) is 0 Å². The number of aromatic amines is 1. The number of aldehydes is 1. The molecule has 0 aliphatic rings. The number of para-hydroxylation sites is 1. The topological polar surface area (TPSA) is 32.9 Å². The Kier molecular flexibility index (Phi) is 2.79. The van der Waals surface area contributed by atoms with E-state index in [9.17, 15) is 9.18 Å². The highest BCUT2D eigenvalue weighted by Crippen LogP contribution is 2.33. The van der Waals surface area contributed by atoms with Gasteiger partial charge >= 0.3 is 0 Å². The van der Waals surface area contributed by atoms with E-state index >= 15 is 0 Å². The second kappa shape index (κ2) is 4.81. The lowest BCUT2D eigenvalue weighted by molar-refractivity contribution is 0.112. The molecular weight excluding hydrogens is 277 g/mol. The number of hydrogen-bond acceptors (Lipinski definition) is 1. The van der Waals surface area contributed by atoms with Crippen molar-refractivity contribution in [2.75, 3.05) is 0 Å². The van der Waals surface area contributed by atoms with Crippen LogP contribution in [0.2, 0.25) is 0 Å². The molecule has 2 nitrogen and oxygen atoms in total. The van der Waals surface area contributed by atoms with Crippen molar-refractivity contribution in [3.63, 3.8) is 0 Å². The summed E-state index contributed by atoms with van der Waals surface area (Å²) < 4.78 is 13.1. The van der Waals surface area contributed by atoms with Gasteiger partial charge < -0.3 is 4.98 Å². The third kappa shape index (κ3) is 1.83. The minimum atomic E-state index is -0.289. The molecule has 3 heteroatoms. The van der Waals surface area contributed by atoms with Crippen molar-refractivity contribution in [3.05, 3.63) is 72.0 Å². The van der Waals surface area contributed by atoms with Gasteiger partial charge in [0.15, 0.2) is 6.29 Å². The number of carbonyl (C=O) groups is 1. The number of hydrogen-bond donors (Lipinski definition) is 1. The molecule has 1 aromatic heterocycles. The first-order chi connectivity index (χ1) is 10.8. The first kappa shape index (κ1) is 12.8. The van der Waals surface area contributed by atoms with Crippen molar-refractivity contribution >= 4 is 28.1 Å². The van der Waals surface area contributed by atoms with Crippen molar-refractivity contribution in [1.29, 1.82) is 0 Å². The van der Waals surface area contributed by atoms with Crippen LogP contribution in [0.25, 0.3) is 32.9 Å². The summed E-state index contributed by atoms with van der Waals surface area (Å²) >= 11 is 0. The molecule has 0 atom stereocenters. The Morgan fingerprint density at radius 2 is 1.64 bits per heavy atom. The highest BCUT2D eigenvalue weighted by atomic mass is 19.1. The number of nitrogens with one attached hydrogen (secondary N) is 1. The van der Waals surface area contributed by atoms with Gasteiger partial charge in [0.1, 0.15) is 5.82 Å². The molecule has 0 bridgehead atoms. The van der Waals surface area contributed by atoms with Crippen LogP contribution in [-0.2, 0) is 0 Å². The van der Waals surface area contributed by atoms with Crippen molar-refractivity contribution in [1.82, 2.24) is 4.98 Å². The van der Waals surface area contributed by atoms with E-state index in [1.807, 2.05) is 36.4 Å². The van der Waals surface area contributed by atoms with E-state index in [1.54, 1.807) is 12.1 Å². The normalized spacial score (nSPS) is 11.1. The van der Waals surface area contributed by atoms with Gasteiger partial charge in [-0.1, -0.05) is 42.5 Å². The van der Waals surface area contributed by atoms with Gasteiger partial charge in [-0.05, 0) is 29.3 Å². The molecule has 1 heterocycles. The van der Waals surface area contributed by atoms with Crippen LogP contribution in [0.5, 0.6) is 0 Å². The number of rotatable bonds is 2. The van der Waals surface area contributed by atoms with Gasteiger partial charge in [0.2, 0.25) is 0 Å². The predicted molar refractivity (Wildman–Crippen MR) is 86.6 cm³/mol. The number of halogens is 1. The molecule has 1 N–H and O–H groups in total. The van der Waals surface area contributed by atoms with Crippen LogP contribution >= 0.6 is 0 Å². The average molecular weight is 289 g/mol. The Labute approximate surface area is 126 Å². The van der Waals surface area contributed by atoms with Gasteiger partial charge in [0, 0.05) is 21.9 Å². The van der Waals surface area contributed by atoms with Crippen molar-refractivity contribution in [2.45, 2.75) is 0 Å². The van der Waals surface area contributed by atoms with Crippen molar-refractivity contribution < 1.29 is 9.18 Å². The zero-order valence-electron chi connectivity index (χ0n) is 11.6. The van der Waals surface area contributed by atoms with Crippen molar-refractivity contribution in [3.8, 4) is 11.1 Å². The molecule has 22 heavy (non-hydrogen) atoms. The molecule has 3 aromatic carbocycles. The van der Waals surface area contributed by atoms with Crippen LogP contribution in [0.1, 0.15) is 10.4 Å². The van der Waals surface area contributed by atoms with Crippen LogP contribution in [0.15, 0.2) is 60.7 Å². The van der Waals surface area contributed by atoms with Crippen LogP contribution in [0.3, 0.4) is 0 Å². The van der Waals surface area contributed by atoms with E-state index < -0.39 is 0 Å². The maximum absolute atomic E-state index is 13.1. The first-order valence-corrected chi connectivity index (χ1v) is 7.02. The molecule has 0 aliphatic carbocycles.